The molecule has 0 radical (unpaired) electrons. The molecule has 1 saturated heterocycles. The topological polar surface area (TPSA) is 143 Å². The molecule has 3 heterocycles. The first-order valence-corrected chi connectivity index (χ1v) is 11.0. The maximum absolute atomic E-state index is 13.1. The van der Waals surface area contributed by atoms with Crippen LogP contribution in [-0.2, 0) is 19.1 Å². The smallest absolute Gasteiger partial charge is 0.326 e. The minimum absolute atomic E-state index is 0.0258. The Balaban J connectivity index is 1.66. The second kappa shape index (κ2) is 10.5. The van der Waals surface area contributed by atoms with E-state index in [2.05, 4.69) is 15.0 Å². The molecule has 1 aliphatic heterocycles. The van der Waals surface area contributed by atoms with Crippen molar-refractivity contribution >= 4 is 40.4 Å². The third-order valence-electron chi connectivity index (χ3n) is 5.31. The maximum Gasteiger partial charge on any atom is 0.326 e. The van der Waals surface area contributed by atoms with Crippen molar-refractivity contribution in [3.63, 3.8) is 0 Å². The van der Waals surface area contributed by atoms with Crippen molar-refractivity contribution in [1.82, 2.24) is 9.97 Å². The summed E-state index contributed by atoms with van der Waals surface area (Å²) in [5.41, 5.74) is 2.50. The average Bonchev–Trinajstić information content (AvgIpc) is 3.40. The first kappa shape index (κ1) is 24.1. The van der Waals surface area contributed by atoms with Gasteiger partial charge in [0.1, 0.15) is 24.1 Å². The highest BCUT2D eigenvalue weighted by Crippen LogP contribution is 2.31. The van der Waals surface area contributed by atoms with Gasteiger partial charge in [-0.1, -0.05) is 0 Å². The summed E-state index contributed by atoms with van der Waals surface area (Å²) >= 11 is 0. The molecule has 3 aromatic rings. The van der Waals surface area contributed by atoms with E-state index in [1.54, 1.807) is 56.6 Å². The van der Waals surface area contributed by atoms with Crippen LogP contribution >= 0.6 is 0 Å². The van der Waals surface area contributed by atoms with Gasteiger partial charge in [-0.2, -0.15) is 0 Å². The van der Waals surface area contributed by atoms with E-state index in [-0.39, 0.29) is 24.9 Å². The minimum atomic E-state index is -1.32. The highest BCUT2D eigenvalue weighted by Gasteiger charge is 2.44. The van der Waals surface area contributed by atoms with Gasteiger partial charge in [0.2, 0.25) is 11.7 Å². The predicted octanol–water partition coefficient (Wildman–Crippen LogP) is 2.45. The number of aromatic nitrogens is 2. The number of ether oxygens (including phenoxy) is 3. The van der Waals surface area contributed by atoms with E-state index in [1.807, 2.05) is 6.07 Å². The molecule has 1 aliphatic rings. The van der Waals surface area contributed by atoms with Gasteiger partial charge in [-0.15, -0.1) is 0 Å². The monoisotopic (exact) mass is 479 g/mol. The highest BCUT2D eigenvalue weighted by molar-refractivity contribution is 6.27. The zero-order valence-corrected chi connectivity index (χ0v) is 19.2. The van der Waals surface area contributed by atoms with E-state index in [4.69, 9.17) is 19.3 Å². The van der Waals surface area contributed by atoms with Crippen LogP contribution in [0, 0.1) is 12.8 Å². The Morgan fingerprint density at radius 1 is 1.37 bits per heavy atom. The summed E-state index contributed by atoms with van der Waals surface area (Å²) in [6, 6.07) is 8.60. The Labute approximate surface area is 200 Å². The van der Waals surface area contributed by atoms with Crippen LogP contribution in [0.3, 0.4) is 0 Å². The van der Waals surface area contributed by atoms with Gasteiger partial charge in [-0.05, 0) is 55.8 Å². The van der Waals surface area contributed by atoms with E-state index in [0.29, 0.717) is 28.2 Å². The highest BCUT2D eigenvalue weighted by atomic mass is 16.5. The molecule has 10 heteroatoms. The van der Waals surface area contributed by atoms with Crippen molar-refractivity contribution in [2.45, 2.75) is 20.0 Å². The number of H-pyrrole nitrogens is 1. The molecular weight excluding hydrogens is 454 g/mol. The zero-order chi connectivity index (χ0) is 24.9. The zero-order valence-electron chi connectivity index (χ0n) is 19.2. The van der Waals surface area contributed by atoms with Crippen molar-refractivity contribution in [2.75, 3.05) is 19.8 Å². The number of benzene rings is 1. The number of rotatable bonds is 8. The van der Waals surface area contributed by atoms with Crippen LogP contribution in [-0.4, -0.2) is 63.8 Å². The molecule has 0 aliphatic carbocycles. The number of hydrogen-bond acceptors (Lipinski definition) is 9. The van der Waals surface area contributed by atoms with Crippen molar-refractivity contribution in [3.05, 3.63) is 59.6 Å². The Morgan fingerprint density at radius 3 is 2.94 bits per heavy atom. The summed E-state index contributed by atoms with van der Waals surface area (Å²) in [5, 5.41) is 19.2. The summed E-state index contributed by atoms with van der Waals surface area (Å²) in [7, 11) is 0. The average molecular weight is 479 g/mol. The molecule has 10 nitrogen and oxygen atoms in total. The number of aliphatic hydroxyl groups is 2. The minimum Gasteiger partial charge on any atom is -0.491 e. The lowest BCUT2D eigenvalue weighted by atomic mass is 10.0. The third-order valence-corrected chi connectivity index (χ3v) is 5.31. The fraction of sp³-hybridized carbons (Fsp3) is 0.280. The third kappa shape index (κ3) is 5.23. The molecule has 0 saturated carbocycles. The summed E-state index contributed by atoms with van der Waals surface area (Å²) in [6.45, 7) is 3.07. The number of fused-ring (bicyclic) bond motifs is 1. The lowest BCUT2D eigenvalue weighted by molar-refractivity contribution is -0.147. The van der Waals surface area contributed by atoms with E-state index in [0.717, 1.165) is 5.39 Å². The number of aryl methyl sites for hydroxylation is 1. The molecule has 2 unspecified atom stereocenters. The lowest BCUT2D eigenvalue weighted by Crippen LogP contribution is -2.27. The van der Waals surface area contributed by atoms with Crippen molar-refractivity contribution in [2.24, 2.45) is 10.9 Å². The van der Waals surface area contributed by atoms with Crippen molar-refractivity contribution in [3.8, 4) is 5.75 Å². The Kier molecular flexibility index (Phi) is 7.23. The number of nitrogens with zero attached hydrogens (tertiary/aromatic N) is 2. The van der Waals surface area contributed by atoms with Crippen LogP contribution in [0.15, 0.2) is 53.5 Å². The van der Waals surface area contributed by atoms with Crippen LogP contribution < -0.4 is 4.74 Å². The van der Waals surface area contributed by atoms with Gasteiger partial charge in [0.15, 0.2) is 11.7 Å². The van der Waals surface area contributed by atoms with Crippen molar-refractivity contribution in [1.29, 1.82) is 0 Å². The molecule has 4 rings (SSSR count). The van der Waals surface area contributed by atoms with Gasteiger partial charge in [-0.25, -0.2) is 9.98 Å². The second-order valence-electron chi connectivity index (χ2n) is 7.85. The molecule has 1 aromatic carbocycles. The van der Waals surface area contributed by atoms with E-state index in [1.165, 1.54) is 0 Å². The summed E-state index contributed by atoms with van der Waals surface area (Å²) in [5.74, 6) is -2.24. The maximum atomic E-state index is 13.1. The number of carbonyl (C=O) groups is 2. The number of aliphatic hydroxyl groups excluding tert-OH is 2. The van der Waals surface area contributed by atoms with Gasteiger partial charge in [0.25, 0.3) is 0 Å². The number of esters is 1. The van der Waals surface area contributed by atoms with Crippen LogP contribution in [0.5, 0.6) is 5.75 Å². The van der Waals surface area contributed by atoms with Crippen LogP contribution in [0.1, 0.15) is 18.1 Å². The van der Waals surface area contributed by atoms with Crippen LogP contribution in [0.2, 0.25) is 0 Å². The standard InChI is InChI=1S/C25H25N3O7/c1-3-33-25(32)21-22(31)20(10-15-11-27-23-18(15)5-4-8-26-23)35-24(21)28-19-7-6-17(9-14(19)2)34-13-16(30)12-29/h4-11,16,21,29-30H,3,12-13H2,1-2H3,(H,26,27)/b20-10-,28-24?. The number of allylic oxidation sites excluding steroid dienone is 1. The first-order valence-electron chi connectivity index (χ1n) is 11.0. The first-order chi connectivity index (χ1) is 16.9. The summed E-state index contributed by atoms with van der Waals surface area (Å²) in [6.07, 6.45) is 3.92. The Hall–Kier alpha value is -4.02. The second-order valence-corrected chi connectivity index (χ2v) is 7.85. The predicted molar refractivity (Wildman–Crippen MR) is 127 cm³/mol. The fourth-order valence-corrected chi connectivity index (χ4v) is 3.54. The molecule has 0 bridgehead atoms. The van der Waals surface area contributed by atoms with Gasteiger partial charge >= 0.3 is 5.97 Å². The normalized spacial score (nSPS) is 18.7. The molecule has 35 heavy (non-hydrogen) atoms. The summed E-state index contributed by atoms with van der Waals surface area (Å²) < 4.78 is 16.3. The molecule has 2 aromatic heterocycles. The lowest BCUT2D eigenvalue weighted by Gasteiger charge is -2.11. The van der Waals surface area contributed by atoms with Gasteiger partial charge in [0, 0.05) is 23.3 Å². The Bertz CT molecular complexity index is 1310. The van der Waals surface area contributed by atoms with E-state index < -0.39 is 30.4 Å². The molecule has 0 amide bonds. The van der Waals surface area contributed by atoms with Crippen molar-refractivity contribution < 1.29 is 34.0 Å². The van der Waals surface area contributed by atoms with Gasteiger partial charge in [0.05, 0.1) is 18.9 Å². The largest absolute Gasteiger partial charge is 0.491 e. The van der Waals surface area contributed by atoms with Crippen LogP contribution in [0.25, 0.3) is 17.1 Å². The van der Waals surface area contributed by atoms with Gasteiger partial charge < -0.3 is 29.4 Å². The number of carbonyl (C=O) groups excluding carboxylic acids is 2. The SMILES string of the molecule is CCOC(=O)C1C(=O)/C(=C/c2c[nH]c3ncccc23)OC1=Nc1ccc(OCC(O)CO)cc1C. The molecular formula is C25H25N3O7. The molecule has 2 atom stereocenters. The van der Waals surface area contributed by atoms with E-state index in [9.17, 15) is 14.7 Å². The quantitative estimate of drug-likeness (QED) is 0.254. The Morgan fingerprint density at radius 2 is 2.20 bits per heavy atom. The number of hydrogen-bond donors (Lipinski definition) is 3. The van der Waals surface area contributed by atoms with Crippen LogP contribution in [0.4, 0.5) is 5.69 Å². The number of aromatic amines is 1. The summed E-state index contributed by atoms with van der Waals surface area (Å²) in [4.78, 5) is 37.5. The molecule has 1 fully saturated rings. The molecule has 0 spiro atoms. The fourth-order valence-electron chi connectivity index (χ4n) is 3.54. The van der Waals surface area contributed by atoms with Gasteiger partial charge in [-0.3, -0.25) is 9.59 Å². The molecule has 3 N–H and O–H groups in total. The number of nitrogens with one attached hydrogen (secondary N) is 1. The number of pyridine rings is 1. The number of aliphatic imine (C=N–C) groups is 1. The number of ketones is 1. The van der Waals surface area contributed by atoms with E-state index >= 15 is 0 Å². The molecule has 182 valence electrons. The number of Topliss-reactive ketones (excluding diaryl/α,β-unsaturated/α-hetero) is 1.